The Morgan fingerprint density at radius 1 is 0.839 bits per heavy atom. The average molecular weight is 422 g/mol. The summed E-state index contributed by atoms with van der Waals surface area (Å²) in [4.78, 5) is 29.7. The van der Waals surface area contributed by atoms with Crippen LogP contribution in [-0.4, -0.2) is 64.9 Å². The maximum Gasteiger partial charge on any atom is 0.225 e. The molecule has 2 aromatic rings. The molecule has 6 heteroatoms. The lowest BCUT2D eigenvalue weighted by Gasteiger charge is -2.33. The predicted molar refractivity (Wildman–Crippen MR) is 124 cm³/mol. The first-order valence-corrected chi connectivity index (χ1v) is 12.3. The fourth-order valence-electron chi connectivity index (χ4n) is 5.43. The molecule has 4 heterocycles. The molecule has 0 aliphatic carbocycles. The van der Waals surface area contributed by atoms with Crippen LogP contribution in [0.15, 0.2) is 24.3 Å². The number of fused-ring (bicyclic) bond motifs is 1. The molecule has 0 unspecified atom stereocenters. The summed E-state index contributed by atoms with van der Waals surface area (Å²) in [6.45, 7) is 6.79. The van der Waals surface area contributed by atoms with Gasteiger partial charge in [-0.2, -0.15) is 0 Å². The average Bonchev–Trinajstić information content (AvgIpc) is 3.21. The van der Waals surface area contributed by atoms with Crippen LogP contribution >= 0.6 is 0 Å². The third-order valence-electron chi connectivity index (χ3n) is 7.25. The molecule has 3 saturated heterocycles. The highest BCUT2D eigenvalue weighted by atomic mass is 16.2. The van der Waals surface area contributed by atoms with Crippen molar-refractivity contribution >= 4 is 22.6 Å². The molecule has 0 N–H and O–H groups in total. The normalized spacial score (nSPS) is 21.5. The van der Waals surface area contributed by atoms with Crippen molar-refractivity contribution in [2.75, 3.05) is 44.2 Å². The number of likely N-dealkylation sites (tertiary alicyclic amines) is 2. The van der Waals surface area contributed by atoms with Gasteiger partial charge in [-0.1, -0.05) is 25.0 Å². The summed E-state index contributed by atoms with van der Waals surface area (Å²) in [5.41, 5.74) is 1.05. The Morgan fingerprint density at radius 2 is 1.52 bits per heavy atom. The highest BCUT2D eigenvalue weighted by Gasteiger charge is 2.30. The number of piperidine rings is 1. The fraction of sp³-hybridized carbons (Fsp3) is 0.640. The van der Waals surface area contributed by atoms with Gasteiger partial charge in [-0.3, -0.25) is 9.69 Å². The zero-order chi connectivity index (χ0) is 21.0. The quantitative estimate of drug-likeness (QED) is 0.751. The number of aromatic nitrogens is 2. The molecule has 3 aliphatic rings. The molecule has 0 spiro atoms. The summed E-state index contributed by atoms with van der Waals surface area (Å²) in [6, 6.07) is 8.44. The lowest BCUT2D eigenvalue weighted by Crippen LogP contribution is -2.41. The van der Waals surface area contributed by atoms with E-state index < -0.39 is 0 Å². The molecular weight excluding hydrogens is 386 g/mol. The van der Waals surface area contributed by atoms with Crippen LogP contribution in [0.4, 0.5) is 5.82 Å². The van der Waals surface area contributed by atoms with Crippen LogP contribution in [0.1, 0.15) is 57.2 Å². The zero-order valence-corrected chi connectivity index (χ0v) is 18.6. The van der Waals surface area contributed by atoms with Crippen molar-refractivity contribution in [1.82, 2.24) is 19.8 Å². The second-order valence-corrected chi connectivity index (χ2v) is 9.46. The number of benzene rings is 1. The third kappa shape index (κ3) is 4.69. The first-order chi connectivity index (χ1) is 15.3. The van der Waals surface area contributed by atoms with Gasteiger partial charge in [0, 0.05) is 37.5 Å². The molecule has 5 rings (SSSR count). The minimum Gasteiger partial charge on any atom is -0.356 e. The van der Waals surface area contributed by atoms with Crippen molar-refractivity contribution in [3.05, 3.63) is 30.1 Å². The number of carbonyl (C=O) groups is 1. The van der Waals surface area contributed by atoms with Gasteiger partial charge in [0.05, 0.1) is 12.1 Å². The van der Waals surface area contributed by atoms with Crippen LogP contribution < -0.4 is 4.90 Å². The van der Waals surface area contributed by atoms with E-state index in [1.807, 2.05) is 0 Å². The monoisotopic (exact) mass is 421 g/mol. The molecule has 0 radical (unpaired) electrons. The van der Waals surface area contributed by atoms with Gasteiger partial charge in [0.15, 0.2) is 0 Å². The number of hydrogen-bond donors (Lipinski definition) is 0. The Labute approximate surface area is 185 Å². The van der Waals surface area contributed by atoms with Gasteiger partial charge in [0.2, 0.25) is 5.91 Å². The van der Waals surface area contributed by atoms with Crippen molar-refractivity contribution in [3.63, 3.8) is 0 Å². The predicted octanol–water partition coefficient (Wildman–Crippen LogP) is 3.84. The molecule has 0 saturated carbocycles. The highest BCUT2D eigenvalue weighted by molar-refractivity contribution is 5.89. The zero-order valence-electron chi connectivity index (χ0n) is 18.6. The molecule has 3 fully saturated rings. The first kappa shape index (κ1) is 20.7. The van der Waals surface area contributed by atoms with Crippen LogP contribution in [0.25, 0.3) is 10.9 Å². The second kappa shape index (κ2) is 9.51. The van der Waals surface area contributed by atoms with Crippen LogP contribution in [-0.2, 0) is 11.3 Å². The largest absolute Gasteiger partial charge is 0.356 e. The van der Waals surface area contributed by atoms with Gasteiger partial charge in [0.1, 0.15) is 11.6 Å². The molecule has 0 bridgehead atoms. The molecular formula is C25H35N5O. The van der Waals surface area contributed by atoms with Crippen molar-refractivity contribution < 1.29 is 4.79 Å². The molecule has 0 atom stereocenters. The van der Waals surface area contributed by atoms with Crippen molar-refractivity contribution in [3.8, 4) is 0 Å². The van der Waals surface area contributed by atoms with E-state index in [1.165, 1.54) is 43.9 Å². The summed E-state index contributed by atoms with van der Waals surface area (Å²) in [6.07, 6.45) is 9.38. The van der Waals surface area contributed by atoms with E-state index in [0.717, 1.165) is 75.8 Å². The number of carbonyl (C=O) groups excluding carboxylic acids is 1. The second-order valence-electron chi connectivity index (χ2n) is 9.46. The number of hydrogen-bond acceptors (Lipinski definition) is 5. The van der Waals surface area contributed by atoms with Gasteiger partial charge < -0.3 is 9.80 Å². The highest BCUT2D eigenvalue weighted by Crippen LogP contribution is 2.28. The van der Waals surface area contributed by atoms with E-state index in [-0.39, 0.29) is 5.92 Å². The summed E-state index contributed by atoms with van der Waals surface area (Å²) in [5, 5.41) is 1.17. The van der Waals surface area contributed by atoms with Crippen LogP contribution in [0, 0.1) is 5.92 Å². The number of anilines is 1. The lowest BCUT2D eigenvalue weighted by molar-refractivity contribution is -0.136. The molecule has 1 aromatic carbocycles. The van der Waals surface area contributed by atoms with E-state index >= 15 is 0 Å². The summed E-state index contributed by atoms with van der Waals surface area (Å²) >= 11 is 0. The Hall–Kier alpha value is -2.21. The minimum atomic E-state index is 0.208. The van der Waals surface area contributed by atoms with E-state index in [2.05, 4.69) is 39.0 Å². The van der Waals surface area contributed by atoms with E-state index in [4.69, 9.17) is 9.97 Å². The Kier molecular flexibility index (Phi) is 6.35. The standard InChI is InChI=1S/C25H35N5O/c31-25(30-15-7-8-16-30)20-11-17-28(18-12-20)19-23-26-22-10-4-3-9-21(22)24(27-23)29-13-5-1-2-6-14-29/h3-4,9-10,20H,1-2,5-8,11-19H2. The molecule has 31 heavy (non-hydrogen) atoms. The topological polar surface area (TPSA) is 52.6 Å². The minimum absolute atomic E-state index is 0.208. The fourth-order valence-corrected chi connectivity index (χ4v) is 5.43. The molecule has 1 amide bonds. The number of para-hydroxylation sites is 1. The lowest BCUT2D eigenvalue weighted by atomic mass is 9.95. The SMILES string of the molecule is O=C(C1CCN(Cc2nc(N3CCCCCC3)c3ccccc3n2)CC1)N1CCCC1. The number of amides is 1. The van der Waals surface area contributed by atoms with E-state index in [9.17, 15) is 4.79 Å². The van der Waals surface area contributed by atoms with E-state index in [0.29, 0.717) is 5.91 Å². The van der Waals surface area contributed by atoms with Crippen molar-refractivity contribution in [2.24, 2.45) is 5.92 Å². The molecule has 6 nitrogen and oxygen atoms in total. The summed E-state index contributed by atoms with van der Waals surface area (Å²) < 4.78 is 0. The Bertz CT molecular complexity index is 894. The van der Waals surface area contributed by atoms with Crippen molar-refractivity contribution in [1.29, 1.82) is 0 Å². The van der Waals surface area contributed by atoms with Gasteiger partial charge in [0.25, 0.3) is 0 Å². The van der Waals surface area contributed by atoms with Gasteiger partial charge >= 0.3 is 0 Å². The van der Waals surface area contributed by atoms with Gasteiger partial charge in [-0.25, -0.2) is 9.97 Å². The number of rotatable bonds is 4. The maximum atomic E-state index is 12.7. The first-order valence-electron chi connectivity index (χ1n) is 12.3. The van der Waals surface area contributed by atoms with Gasteiger partial charge in [-0.05, 0) is 63.7 Å². The number of nitrogens with zero attached hydrogens (tertiary/aromatic N) is 5. The summed E-state index contributed by atoms with van der Waals surface area (Å²) in [5.74, 6) is 2.63. The van der Waals surface area contributed by atoms with E-state index in [1.54, 1.807) is 0 Å². The Morgan fingerprint density at radius 3 is 2.26 bits per heavy atom. The third-order valence-corrected chi connectivity index (χ3v) is 7.25. The Balaban J connectivity index is 1.29. The van der Waals surface area contributed by atoms with Crippen molar-refractivity contribution in [2.45, 2.75) is 57.9 Å². The summed E-state index contributed by atoms with van der Waals surface area (Å²) in [7, 11) is 0. The van der Waals surface area contributed by atoms with Crippen LogP contribution in [0.2, 0.25) is 0 Å². The molecule has 3 aliphatic heterocycles. The van der Waals surface area contributed by atoms with Gasteiger partial charge in [-0.15, -0.1) is 0 Å². The van der Waals surface area contributed by atoms with Crippen LogP contribution in [0.5, 0.6) is 0 Å². The maximum absolute atomic E-state index is 12.7. The molecule has 1 aromatic heterocycles. The molecule has 166 valence electrons. The van der Waals surface area contributed by atoms with Crippen LogP contribution in [0.3, 0.4) is 0 Å². The smallest absolute Gasteiger partial charge is 0.225 e.